The summed E-state index contributed by atoms with van der Waals surface area (Å²) in [5, 5.41) is 3.02. The quantitative estimate of drug-likeness (QED) is 0.676. The average Bonchev–Trinajstić information content (AvgIpc) is 2.61. The van der Waals surface area contributed by atoms with Gasteiger partial charge < -0.3 is 19.5 Å². The van der Waals surface area contributed by atoms with E-state index >= 15 is 0 Å². The minimum atomic E-state index is -0.731. The van der Waals surface area contributed by atoms with E-state index in [9.17, 15) is 4.79 Å². The predicted molar refractivity (Wildman–Crippen MR) is 102 cm³/mol. The molecule has 2 rings (SSSR count). The second-order valence-electron chi connectivity index (χ2n) is 6.91. The maximum absolute atomic E-state index is 13.0. The number of pyridine rings is 1. The Hall–Kier alpha value is -1.66. The van der Waals surface area contributed by atoms with Crippen molar-refractivity contribution in [1.82, 2.24) is 4.98 Å². The fourth-order valence-electron chi connectivity index (χ4n) is 3.52. The van der Waals surface area contributed by atoms with Gasteiger partial charge >= 0.3 is 0 Å². The molecule has 1 saturated carbocycles. The zero-order valence-corrected chi connectivity index (χ0v) is 16.5. The monoisotopic (exact) mass is 364 g/mol. The molecule has 6 nitrogen and oxygen atoms in total. The molecule has 1 aliphatic carbocycles. The van der Waals surface area contributed by atoms with Gasteiger partial charge in [0, 0.05) is 19.3 Å². The summed E-state index contributed by atoms with van der Waals surface area (Å²) in [5.74, 6) is 0.952. The molecule has 0 spiro atoms. The smallest absolute Gasteiger partial charge is 0.256 e. The van der Waals surface area contributed by atoms with Crippen molar-refractivity contribution in [2.45, 2.75) is 59.0 Å². The molecule has 0 aliphatic heterocycles. The number of aryl methyl sites for hydroxylation is 1. The lowest BCUT2D eigenvalue weighted by atomic mass is 9.78. The van der Waals surface area contributed by atoms with E-state index in [1.54, 1.807) is 6.07 Å². The minimum absolute atomic E-state index is 0.0687. The molecule has 6 heteroatoms. The zero-order valence-electron chi connectivity index (χ0n) is 16.5. The molecule has 1 amide bonds. The lowest BCUT2D eigenvalue weighted by Crippen LogP contribution is -2.48. The van der Waals surface area contributed by atoms with Gasteiger partial charge in [0.05, 0.1) is 18.0 Å². The van der Waals surface area contributed by atoms with Crippen molar-refractivity contribution in [2.75, 3.05) is 31.7 Å². The number of nitrogens with zero attached hydrogens (tertiary/aromatic N) is 1. The van der Waals surface area contributed by atoms with E-state index in [4.69, 9.17) is 14.2 Å². The van der Waals surface area contributed by atoms with Crippen molar-refractivity contribution in [2.24, 2.45) is 5.92 Å². The van der Waals surface area contributed by atoms with Gasteiger partial charge in [0.2, 0.25) is 5.88 Å². The molecule has 0 saturated heterocycles. The lowest BCUT2D eigenvalue weighted by Gasteiger charge is -2.38. The Balaban J connectivity index is 2.03. The molecule has 1 N–H and O–H groups in total. The number of hydrogen-bond acceptors (Lipinski definition) is 5. The fourth-order valence-corrected chi connectivity index (χ4v) is 3.52. The maximum atomic E-state index is 13.0. The second-order valence-corrected chi connectivity index (χ2v) is 6.91. The number of anilines is 1. The summed E-state index contributed by atoms with van der Waals surface area (Å²) in [6.07, 6.45) is 3.69. The molecule has 0 bridgehead atoms. The molecule has 0 radical (unpaired) electrons. The predicted octanol–water partition coefficient (Wildman–Crippen LogP) is 3.73. The highest BCUT2D eigenvalue weighted by Crippen LogP contribution is 2.36. The molecular weight excluding hydrogens is 332 g/mol. The Morgan fingerprint density at radius 3 is 2.77 bits per heavy atom. The Morgan fingerprint density at radius 1 is 1.31 bits per heavy atom. The van der Waals surface area contributed by atoms with Crippen molar-refractivity contribution < 1.29 is 19.0 Å². The van der Waals surface area contributed by atoms with Gasteiger partial charge in [0.15, 0.2) is 0 Å². The van der Waals surface area contributed by atoms with Crippen LogP contribution in [0.4, 0.5) is 5.69 Å². The van der Waals surface area contributed by atoms with E-state index in [-0.39, 0.29) is 5.91 Å². The van der Waals surface area contributed by atoms with E-state index in [2.05, 4.69) is 17.2 Å². The zero-order chi connectivity index (χ0) is 19.0. The van der Waals surface area contributed by atoms with Gasteiger partial charge in [0.1, 0.15) is 12.2 Å². The Kier molecular flexibility index (Phi) is 7.85. The van der Waals surface area contributed by atoms with Crippen molar-refractivity contribution >= 4 is 11.6 Å². The molecule has 1 heterocycles. The summed E-state index contributed by atoms with van der Waals surface area (Å²) >= 11 is 0. The van der Waals surface area contributed by atoms with Crippen molar-refractivity contribution in [1.29, 1.82) is 0 Å². The van der Waals surface area contributed by atoms with E-state index in [1.807, 2.05) is 26.8 Å². The van der Waals surface area contributed by atoms with Crippen LogP contribution >= 0.6 is 0 Å². The van der Waals surface area contributed by atoms with Gasteiger partial charge in [-0.1, -0.05) is 13.3 Å². The topological polar surface area (TPSA) is 69.7 Å². The second kappa shape index (κ2) is 9.88. The Morgan fingerprint density at radius 2 is 2.12 bits per heavy atom. The van der Waals surface area contributed by atoms with Gasteiger partial charge in [-0.25, -0.2) is 4.98 Å². The van der Waals surface area contributed by atoms with Crippen LogP contribution in [0.15, 0.2) is 12.1 Å². The highest BCUT2D eigenvalue weighted by Gasteiger charge is 2.42. The van der Waals surface area contributed by atoms with Gasteiger partial charge in [-0.05, 0) is 52.0 Å². The first-order chi connectivity index (χ1) is 12.5. The molecule has 2 atom stereocenters. The Bertz CT molecular complexity index is 589. The number of ether oxygens (including phenoxy) is 3. The van der Waals surface area contributed by atoms with Crippen LogP contribution in [-0.4, -0.2) is 42.9 Å². The van der Waals surface area contributed by atoms with Crippen molar-refractivity contribution in [3.8, 4) is 5.88 Å². The van der Waals surface area contributed by atoms with Crippen LogP contribution in [0, 0.1) is 12.8 Å². The highest BCUT2D eigenvalue weighted by atomic mass is 16.5. The van der Waals surface area contributed by atoms with Crippen LogP contribution in [0.3, 0.4) is 0 Å². The van der Waals surface area contributed by atoms with E-state index in [0.717, 1.165) is 31.4 Å². The lowest BCUT2D eigenvalue weighted by molar-refractivity contribution is -0.147. The molecule has 26 heavy (non-hydrogen) atoms. The maximum Gasteiger partial charge on any atom is 0.256 e. The number of amides is 1. The largest absolute Gasteiger partial charge is 0.475 e. The van der Waals surface area contributed by atoms with Crippen LogP contribution in [-0.2, 0) is 14.3 Å². The number of carbonyl (C=O) groups is 1. The van der Waals surface area contributed by atoms with E-state index in [0.29, 0.717) is 43.9 Å². The molecule has 1 aromatic rings. The summed E-state index contributed by atoms with van der Waals surface area (Å²) in [6, 6.07) is 3.60. The SMILES string of the molecule is CCOCCOc1ccc(NC(=O)[C@@]2(OCC)CCC[C@@H](C)C2)c(C)n1. The number of aromatic nitrogens is 1. The molecular formula is C20H32N2O4. The van der Waals surface area contributed by atoms with Gasteiger partial charge in [-0.2, -0.15) is 0 Å². The summed E-state index contributed by atoms with van der Waals surface area (Å²) in [4.78, 5) is 17.4. The fraction of sp³-hybridized carbons (Fsp3) is 0.700. The van der Waals surface area contributed by atoms with Gasteiger partial charge in [-0.15, -0.1) is 0 Å². The summed E-state index contributed by atoms with van der Waals surface area (Å²) in [7, 11) is 0. The summed E-state index contributed by atoms with van der Waals surface area (Å²) in [6.45, 7) is 10.1. The highest BCUT2D eigenvalue weighted by molar-refractivity contribution is 5.97. The van der Waals surface area contributed by atoms with E-state index < -0.39 is 5.60 Å². The first kappa shape index (κ1) is 20.6. The number of rotatable bonds is 9. The van der Waals surface area contributed by atoms with Crippen molar-refractivity contribution in [3.63, 3.8) is 0 Å². The standard InChI is InChI=1S/C20H32N2O4/c1-5-24-12-13-25-18-10-9-17(16(4)21-18)22-19(23)20(26-6-2)11-7-8-15(3)14-20/h9-10,15H,5-8,11-14H2,1-4H3,(H,22,23)/t15-,20-/m1/s1. The van der Waals surface area contributed by atoms with Crippen LogP contribution in [0.1, 0.15) is 52.1 Å². The van der Waals surface area contributed by atoms with Gasteiger partial charge in [-0.3, -0.25) is 4.79 Å². The number of hydrogen-bond donors (Lipinski definition) is 1. The van der Waals surface area contributed by atoms with Crippen LogP contribution in [0.2, 0.25) is 0 Å². The summed E-state index contributed by atoms with van der Waals surface area (Å²) < 4.78 is 16.8. The summed E-state index contributed by atoms with van der Waals surface area (Å²) in [5.41, 5.74) is 0.693. The van der Waals surface area contributed by atoms with Gasteiger partial charge in [0.25, 0.3) is 5.91 Å². The third-order valence-electron chi connectivity index (χ3n) is 4.78. The first-order valence-electron chi connectivity index (χ1n) is 9.64. The minimum Gasteiger partial charge on any atom is -0.475 e. The van der Waals surface area contributed by atoms with Crippen LogP contribution < -0.4 is 10.1 Å². The number of carbonyl (C=O) groups excluding carboxylic acids is 1. The Labute approximate surface area is 156 Å². The van der Waals surface area contributed by atoms with Crippen LogP contribution in [0.5, 0.6) is 5.88 Å². The van der Waals surface area contributed by atoms with Crippen molar-refractivity contribution in [3.05, 3.63) is 17.8 Å². The normalized spacial score (nSPS) is 22.8. The molecule has 1 fully saturated rings. The molecule has 0 aromatic carbocycles. The van der Waals surface area contributed by atoms with E-state index in [1.165, 1.54) is 0 Å². The molecule has 1 aromatic heterocycles. The average molecular weight is 364 g/mol. The molecule has 146 valence electrons. The first-order valence-corrected chi connectivity index (χ1v) is 9.64. The van der Waals surface area contributed by atoms with Crippen LogP contribution in [0.25, 0.3) is 0 Å². The molecule has 1 aliphatic rings. The number of nitrogens with one attached hydrogen (secondary N) is 1. The third kappa shape index (κ3) is 5.42. The third-order valence-corrected chi connectivity index (χ3v) is 4.78. The molecule has 0 unspecified atom stereocenters.